The molecule has 25 heavy (non-hydrogen) atoms. The molecule has 3 rings (SSSR count). The van der Waals surface area contributed by atoms with E-state index in [1.807, 2.05) is 6.92 Å². The Balaban J connectivity index is 1.98. The average Bonchev–Trinajstić information content (AvgIpc) is 2.95. The fraction of sp³-hybridized carbons (Fsp3) is 0.571. The number of hydrogen-bond donors (Lipinski definition) is 1. The Bertz CT molecular complexity index is 692. The van der Waals surface area contributed by atoms with Crippen molar-refractivity contribution in [1.29, 1.82) is 0 Å². The maximum Gasteiger partial charge on any atom is 0.170 e. The van der Waals surface area contributed by atoms with Crippen LogP contribution in [0.5, 0.6) is 17.2 Å². The molecule has 1 heterocycles. The molecule has 1 aliphatic carbocycles. The van der Waals surface area contributed by atoms with E-state index in [2.05, 4.69) is 19.1 Å². The Morgan fingerprint density at radius 2 is 2.20 bits per heavy atom. The molecule has 0 saturated carbocycles. The van der Waals surface area contributed by atoms with Crippen molar-refractivity contribution in [2.24, 2.45) is 5.92 Å². The monoisotopic (exact) mass is 344 g/mol. The molecule has 0 aromatic heterocycles. The zero-order valence-corrected chi connectivity index (χ0v) is 15.4. The Kier molecular flexibility index (Phi) is 5.07. The number of hydrogen-bond acceptors (Lipinski definition) is 4. The van der Waals surface area contributed by atoms with Crippen molar-refractivity contribution in [3.05, 3.63) is 29.3 Å². The molecule has 1 aromatic carbocycles. The number of fused-ring (bicyclic) bond motifs is 1. The standard InChI is InChI=1S/C21H28O4/c1-4-6-14-8-10-21(11-9-14)13-15-18(24-3)12-17(23)19(20(15)25-21)16(22)7-5-2/h8,10,12,14,23H,4-7,9,11,13H2,1-3H3/t14-,21-/m0/s1. The molecule has 0 unspecified atom stereocenters. The highest BCUT2D eigenvalue weighted by Gasteiger charge is 2.43. The van der Waals surface area contributed by atoms with Gasteiger partial charge in [0.25, 0.3) is 0 Å². The number of benzene rings is 1. The molecule has 0 fully saturated rings. The molecule has 2 aliphatic rings. The third kappa shape index (κ3) is 3.26. The summed E-state index contributed by atoms with van der Waals surface area (Å²) in [5.41, 5.74) is 0.812. The summed E-state index contributed by atoms with van der Waals surface area (Å²) in [6.07, 6.45) is 10.6. The third-order valence-electron chi connectivity index (χ3n) is 5.35. The van der Waals surface area contributed by atoms with Gasteiger partial charge in [0, 0.05) is 24.5 Å². The quantitative estimate of drug-likeness (QED) is 0.593. The molecule has 0 amide bonds. The van der Waals surface area contributed by atoms with Gasteiger partial charge in [-0.3, -0.25) is 4.79 Å². The Morgan fingerprint density at radius 1 is 1.40 bits per heavy atom. The van der Waals surface area contributed by atoms with Gasteiger partial charge in [0.05, 0.1) is 7.11 Å². The molecule has 1 spiro atoms. The SMILES string of the molecule is CCCC(=O)c1c(O)cc(OC)c2c1O[C@]1(C=C[C@H](CCC)CC1)C2. The predicted molar refractivity (Wildman–Crippen MR) is 97.7 cm³/mol. The number of Topliss-reactive ketones (excluding diaryl/α,β-unsaturated/α-hetero) is 1. The van der Waals surface area contributed by atoms with Crippen LogP contribution in [0.3, 0.4) is 0 Å². The van der Waals surface area contributed by atoms with Crippen LogP contribution in [-0.4, -0.2) is 23.6 Å². The highest BCUT2D eigenvalue weighted by molar-refractivity contribution is 6.02. The number of phenolic OH excluding ortho intramolecular Hbond substituents is 1. The van der Waals surface area contributed by atoms with E-state index < -0.39 is 5.60 Å². The second-order valence-electron chi connectivity index (χ2n) is 7.24. The molecule has 1 aliphatic heterocycles. The first-order valence-electron chi connectivity index (χ1n) is 9.38. The second-order valence-corrected chi connectivity index (χ2v) is 7.24. The number of carbonyl (C=O) groups is 1. The van der Waals surface area contributed by atoms with E-state index in [-0.39, 0.29) is 11.5 Å². The minimum atomic E-state index is -0.408. The van der Waals surface area contributed by atoms with Crippen molar-refractivity contribution < 1.29 is 19.4 Å². The summed E-state index contributed by atoms with van der Waals surface area (Å²) < 4.78 is 11.8. The molecule has 2 atom stereocenters. The number of ketones is 1. The van der Waals surface area contributed by atoms with Crippen LogP contribution in [0.1, 0.15) is 68.3 Å². The largest absolute Gasteiger partial charge is 0.507 e. The fourth-order valence-electron chi connectivity index (χ4n) is 4.05. The number of carbonyl (C=O) groups excluding carboxylic acids is 1. The van der Waals surface area contributed by atoms with Crippen LogP contribution < -0.4 is 9.47 Å². The van der Waals surface area contributed by atoms with Crippen LogP contribution in [0.25, 0.3) is 0 Å². The molecule has 4 heteroatoms. The summed E-state index contributed by atoms with van der Waals surface area (Å²) in [6, 6.07) is 1.55. The van der Waals surface area contributed by atoms with E-state index in [0.29, 0.717) is 35.8 Å². The molecule has 136 valence electrons. The number of phenols is 1. The van der Waals surface area contributed by atoms with Crippen molar-refractivity contribution >= 4 is 5.78 Å². The van der Waals surface area contributed by atoms with Crippen LogP contribution in [0, 0.1) is 5.92 Å². The van der Waals surface area contributed by atoms with Crippen molar-refractivity contribution in [3.63, 3.8) is 0 Å². The number of methoxy groups -OCH3 is 1. The van der Waals surface area contributed by atoms with Gasteiger partial charge in [-0.25, -0.2) is 0 Å². The highest BCUT2D eigenvalue weighted by Crippen LogP contribution is 2.50. The molecule has 4 nitrogen and oxygen atoms in total. The Morgan fingerprint density at radius 3 is 2.80 bits per heavy atom. The Hall–Kier alpha value is -1.97. The number of allylic oxidation sites excluding steroid dienone is 1. The second kappa shape index (κ2) is 7.11. The van der Waals surface area contributed by atoms with Crippen molar-refractivity contribution in [2.75, 3.05) is 7.11 Å². The van der Waals surface area contributed by atoms with Gasteiger partial charge in [0.15, 0.2) is 5.78 Å². The molecule has 1 N–H and O–H groups in total. The van der Waals surface area contributed by atoms with Gasteiger partial charge < -0.3 is 14.6 Å². The topological polar surface area (TPSA) is 55.8 Å². The zero-order chi connectivity index (χ0) is 18.0. The van der Waals surface area contributed by atoms with E-state index in [1.165, 1.54) is 12.8 Å². The third-order valence-corrected chi connectivity index (χ3v) is 5.35. The lowest BCUT2D eigenvalue weighted by Crippen LogP contribution is -2.35. The van der Waals surface area contributed by atoms with Crippen LogP contribution in [0.4, 0.5) is 0 Å². The van der Waals surface area contributed by atoms with E-state index >= 15 is 0 Å². The summed E-state index contributed by atoms with van der Waals surface area (Å²) in [7, 11) is 1.58. The van der Waals surface area contributed by atoms with Gasteiger partial charge in [0.2, 0.25) is 0 Å². The summed E-state index contributed by atoms with van der Waals surface area (Å²) in [5, 5.41) is 10.4. The molecule has 0 radical (unpaired) electrons. The maximum absolute atomic E-state index is 12.5. The molecular formula is C21H28O4. The Labute approximate surface area is 149 Å². The first kappa shape index (κ1) is 17.8. The van der Waals surface area contributed by atoms with E-state index in [1.54, 1.807) is 13.2 Å². The van der Waals surface area contributed by atoms with Gasteiger partial charge >= 0.3 is 0 Å². The van der Waals surface area contributed by atoms with Gasteiger partial charge in [-0.15, -0.1) is 0 Å². The van der Waals surface area contributed by atoms with Crippen LogP contribution in [0.15, 0.2) is 18.2 Å². The van der Waals surface area contributed by atoms with Gasteiger partial charge in [-0.05, 0) is 37.7 Å². The predicted octanol–water partition coefficient (Wildman–Crippen LogP) is 4.82. The lowest BCUT2D eigenvalue weighted by atomic mass is 9.81. The van der Waals surface area contributed by atoms with E-state index in [0.717, 1.165) is 24.8 Å². The average molecular weight is 344 g/mol. The fourth-order valence-corrected chi connectivity index (χ4v) is 4.05. The minimum absolute atomic E-state index is 0.0465. The summed E-state index contributed by atoms with van der Waals surface area (Å²) in [5.74, 6) is 1.61. The smallest absolute Gasteiger partial charge is 0.170 e. The normalized spacial score (nSPS) is 24.2. The molecule has 0 saturated heterocycles. The van der Waals surface area contributed by atoms with Crippen molar-refractivity contribution in [3.8, 4) is 17.2 Å². The molecular weight excluding hydrogens is 316 g/mol. The van der Waals surface area contributed by atoms with E-state index in [9.17, 15) is 9.90 Å². The van der Waals surface area contributed by atoms with Crippen molar-refractivity contribution in [2.45, 2.75) is 64.4 Å². The summed E-state index contributed by atoms with van der Waals surface area (Å²) in [4.78, 5) is 12.5. The number of rotatable bonds is 6. The van der Waals surface area contributed by atoms with Crippen LogP contribution >= 0.6 is 0 Å². The highest BCUT2D eigenvalue weighted by atomic mass is 16.5. The summed E-state index contributed by atoms with van der Waals surface area (Å²) >= 11 is 0. The molecule has 1 aromatic rings. The van der Waals surface area contributed by atoms with Gasteiger partial charge in [-0.2, -0.15) is 0 Å². The summed E-state index contributed by atoms with van der Waals surface area (Å²) in [6.45, 7) is 4.16. The molecule has 0 bridgehead atoms. The first-order chi connectivity index (χ1) is 12.0. The van der Waals surface area contributed by atoms with Gasteiger partial charge in [0.1, 0.15) is 28.4 Å². The van der Waals surface area contributed by atoms with Crippen molar-refractivity contribution in [1.82, 2.24) is 0 Å². The number of ether oxygens (including phenoxy) is 2. The zero-order valence-electron chi connectivity index (χ0n) is 15.4. The van der Waals surface area contributed by atoms with Crippen LogP contribution in [-0.2, 0) is 6.42 Å². The minimum Gasteiger partial charge on any atom is -0.507 e. The lowest BCUT2D eigenvalue weighted by molar-refractivity contribution is 0.0956. The van der Waals surface area contributed by atoms with E-state index in [4.69, 9.17) is 9.47 Å². The van der Waals surface area contributed by atoms with Crippen LogP contribution in [0.2, 0.25) is 0 Å². The lowest BCUT2D eigenvalue weighted by Gasteiger charge is -2.31. The maximum atomic E-state index is 12.5. The van der Waals surface area contributed by atoms with Gasteiger partial charge in [-0.1, -0.05) is 26.3 Å². The first-order valence-corrected chi connectivity index (χ1v) is 9.38. The number of aromatic hydroxyl groups is 1.